The average molecular weight is 419 g/mol. The first-order valence-corrected chi connectivity index (χ1v) is 11.0. The second kappa shape index (κ2) is 10.5. The number of hydrogen-bond acceptors (Lipinski definition) is 2. The molecule has 0 aromatic heterocycles. The summed E-state index contributed by atoms with van der Waals surface area (Å²) < 4.78 is 0. The van der Waals surface area contributed by atoms with Gasteiger partial charge in [0.05, 0.1) is 5.92 Å². The van der Waals surface area contributed by atoms with E-state index >= 15 is 0 Å². The lowest BCUT2D eigenvalue weighted by Gasteiger charge is -2.27. The predicted octanol–water partition coefficient (Wildman–Crippen LogP) is 6.64. The van der Waals surface area contributed by atoms with Crippen LogP contribution in [0.2, 0.25) is 0 Å². The number of ketones is 2. The lowest BCUT2D eigenvalue weighted by Crippen LogP contribution is -2.24. The smallest absolute Gasteiger partial charge is 0.163 e. The van der Waals surface area contributed by atoms with Gasteiger partial charge in [0.2, 0.25) is 0 Å². The summed E-state index contributed by atoms with van der Waals surface area (Å²) in [6.45, 7) is 0. The average Bonchev–Trinajstić information content (AvgIpc) is 2.86. The van der Waals surface area contributed by atoms with Crippen molar-refractivity contribution in [1.29, 1.82) is 0 Å². The van der Waals surface area contributed by atoms with E-state index in [4.69, 9.17) is 0 Å². The van der Waals surface area contributed by atoms with Gasteiger partial charge in [-0.1, -0.05) is 121 Å². The zero-order valence-corrected chi connectivity index (χ0v) is 17.9. The molecule has 0 N–H and O–H groups in total. The van der Waals surface area contributed by atoms with Crippen molar-refractivity contribution in [3.8, 4) is 0 Å². The molecule has 0 spiro atoms. The van der Waals surface area contributed by atoms with Gasteiger partial charge in [-0.3, -0.25) is 9.59 Å². The SMILES string of the molecule is O=C(C[C@H](c1ccccc1)[C@H](C(=O)Cc1ccccc1)c1ccccc1)c1ccccc1. The molecule has 2 atom stereocenters. The van der Waals surface area contributed by atoms with Gasteiger partial charge in [0.1, 0.15) is 5.78 Å². The normalized spacial score (nSPS) is 12.6. The van der Waals surface area contributed by atoms with Crippen LogP contribution in [0.1, 0.15) is 45.3 Å². The third-order valence-corrected chi connectivity index (χ3v) is 5.86. The van der Waals surface area contributed by atoms with Gasteiger partial charge in [0.25, 0.3) is 0 Å². The summed E-state index contributed by atoms with van der Waals surface area (Å²) in [5, 5.41) is 0. The lowest BCUT2D eigenvalue weighted by atomic mass is 9.74. The molecule has 0 aliphatic carbocycles. The van der Waals surface area contributed by atoms with Crippen molar-refractivity contribution in [3.05, 3.63) is 144 Å². The van der Waals surface area contributed by atoms with Crippen LogP contribution in [0.3, 0.4) is 0 Å². The van der Waals surface area contributed by atoms with E-state index < -0.39 is 5.92 Å². The minimum atomic E-state index is -0.411. The molecule has 2 heteroatoms. The Kier molecular flexibility index (Phi) is 7.04. The molecule has 0 bridgehead atoms. The molecule has 0 radical (unpaired) electrons. The molecule has 0 amide bonds. The van der Waals surface area contributed by atoms with Crippen LogP contribution in [0.5, 0.6) is 0 Å². The Hall–Kier alpha value is -3.78. The standard InChI is InChI=1S/C30H26O2/c31-28(25-17-9-3-10-18-25)22-27(24-15-7-2-8-16-24)30(26-19-11-4-12-20-26)29(32)21-23-13-5-1-6-14-23/h1-20,27,30H,21-22H2/t27-,30-/m1/s1. The fourth-order valence-electron chi connectivity index (χ4n) is 4.28. The summed E-state index contributed by atoms with van der Waals surface area (Å²) in [6, 6.07) is 39.0. The molecule has 0 saturated heterocycles. The van der Waals surface area contributed by atoms with Gasteiger partial charge < -0.3 is 0 Å². The lowest BCUT2D eigenvalue weighted by molar-refractivity contribution is -0.120. The molecule has 0 aliphatic rings. The first kappa shape index (κ1) is 21.5. The zero-order chi connectivity index (χ0) is 22.2. The maximum Gasteiger partial charge on any atom is 0.163 e. The zero-order valence-electron chi connectivity index (χ0n) is 17.9. The van der Waals surface area contributed by atoms with E-state index in [0.717, 1.165) is 16.7 Å². The maximum absolute atomic E-state index is 13.7. The van der Waals surface area contributed by atoms with E-state index in [1.54, 1.807) is 0 Å². The molecule has 4 aromatic carbocycles. The molecule has 0 unspecified atom stereocenters. The summed E-state index contributed by atoms with van der Waals surface area (Å²) >= 11 is 0. The fraction of sp³-hybridized carbons (Fsp3) is 0.133. The first-order chi connectivity index (χ1) is 15.7. The topological polar surface area (TPSA) is 34.1 Å². The molecule has 4 aromatic rings. The van der Waals surface area contributed by atoms with Crippen LogP contribution in [0, 0.1) is 0 Å². The number of rotatable bonds is 9. The molecular formula is C30H26O2. The van der Waals surface area contributed by atoms with E-state index in [0.29, 0.717) is 12.0 Å². The minimum absolute atomic E-state index is 0.0490. The van der Waals surface area contributed by atoms with E-state index in [-0.39, 0.29) is 23.9 Å². The molecule has 0 fully saturated rings. The van der Waals surface area contributed by atoms with Crippen LogP contribution in [0.4, 0.5) is 0 Å². The van der Waals surface area contributed by atoms with Crippen LogP contribution in [-0.4, -0.2) is 11.6 Å². The van der Waals surface area contributed by atoms with E-state index in [1.165, 1.54) is 0 Å². The van der Waals surface area contributed by atoms with Crippen LogP contribution >= 0.6 is 0 Å². The largest absolute Gasteiger partial charge is 0.299 e. The number of carbonyl (C=O) groups excluding carboxylic acids is 2. The van der Waals surface area contributed by atoms with Crippen molar-refractivity contribution in [1.82, 2.24) is 0 Å². The van der Waals surface area contributed by atoms with E-state index in [1.807, 2.05) is 121 Å². The Morgan fingerprint density at radius 2 is 1.03 bits per heavy atom. The van der Waals surface area contributed by atoms with Gasteiger partial charge in [0, 0.05) is 24.3 Å². The van der Waals surface area contributed by atoms with Crippen molar-refractivity contribution in [2.45, 2.75) is 24.7 Å². The molecule has 0 saturated carbocycles. The summed E-state index contributed by atoms with van der Waals surface area (Å²) in [4.78, 5) is 27.0. The summed E-state index contributed by atoms with van der Waals surface area (Å²) in [5.74, 6) is -0.487. The van der Waals surface area contributed by atoms with Crippen LogP contribution in [0.15, 0.2) is 121 Å². The maximum atomic E-state index is 13.7. The molecular weight excluding hydrogens is 392 g/mol. The van der Waals surface area contributed by atoms with Crippen molar-refractivity contribution in [2.24, 2.45) is 0 Å². The number of benzene rings is 4. The Balaban J connectivity index is 1.74. The summed E-state index contributed by atoms with van der Waals surface area (Å²) in [6.07, 6.45) is 0.609. The predicted molar refractivity (Wildman–Crippen MR) is 129 cm³/mol. The Bertz CT molecular complexity index is 1140. The third-order valence-electron chi connectivity index (χ3n) is 5.86. The highest BCUT2D eigenvalue weighted by atomic mass is 16.1. The van der Waals surface area contributed by atoms with Crippen LogP contribution < -0.4 is 0 Å². The van der Waals surface area contributed by atoms with Gasteiger partial charge in [0.15, 0.2) is 5.78 Å². The number of Topliss-reactive ketones (excluding diaryl/α,β-unsaturated/α-hetero) is 2. The van der Waals surface area contributed by atoms with Crippen LogP contribution in [-0.2, 0) is 11.2 Å². The van der Waals surface area contributed by atoms with Gasteiger partial charge in [-0.15, -0.1) is 0 Å². The Morgan fingerprint density at radius 1 is 0.562 bits per heavy atom. The molecule has 0 aliphatic heterocycles. The van der Waals surface area contributed by atoms with Gasteiger partial charge in [-0.2, -0.15) is 0 Å². The van der Waals surface area contributed by atoms with Crippen LogP contribution in [0.25, 0.3) is 0 Å². The first-order valence-electron chi connectivity index (χ1n) is 11.0. The summed E-state index contributed by atoms with van der Waals surface area (Å²) in [7, 11) is 0. The Labute approximate surface area is 189 Å². The van der Waals surface area contributed by atoms with Crippen molar-refractivity contribution < 1.29 is 9.59 Å². The van der Waals surface area contributed by atoms with Gasteiger partial charge in [-0.25, -0.2) is 0 Å². The number of hydrogen-bond donors (Lipinski definition) is 0. The molecule has 32 heavy (non-hydrogen) atoms. The van der Waals surface area contributed by atoms with E-state index in [9.17, 15) is 9.59 Å². The molecule has 158 valence electrons. The quantitative estimate of drug-likeness (QED) is 0.286. The number of carbonyl (C=O) groups is 2. The molecule has 2 nitrogen and oxygen atoms in total. The molecule has 4 rings (SSSR count). The third kappa shape index (κ3) is 5.28. The van der Waals surface area contributed by atoms with Crippen molar-refractivity contribution in [2.75, 3.05) is 0 Å². The Morgan fingerprint density at radius 3 is 1.59 bits per heavy atom. The van der Waals surface area contributed by atoms with Crippen molar-refractivity contribution in [3.63, 3.8) is 0 Å². The van der Waals surface area contributed by atoms with Gasteiger partial charge >= 0.3 is 0 Å². The second-order valence-electron chi connectivity index (χ2n) is 8.03. The molecule has 0 heterocycles. The summed E-state index contributed by atoms with van der Waals surface area (Å²) in [5.41, 5.74) is 3.62. The highest BCUT2D eigenvalue weighted by molar-refractivity contribution is 5.97. The highest BCUT2D eigenvalue weighted by Gasteiger charge is 2.32. The monoisotopic (exact) mass is 418 g/mol. The second-order valence-corrected chi connectivity index (χ2v) is 8.03. The van der Waals surface area contributed by atoms with Crippen molar-refractivity contribution >= 4 is 11.6 Å². The van der Waals surface area contributed by atoms with Gasteiger partial charge in [-0.05, 0) is 16.7 Å². The minimum Gasteiger partial charge on any atom is -0.299 e. The fourth-order valence-corrected chi connectivity index (χ4v) is 4.28. The highest BCUT2D eigenvalue weighted by Crippen LogP contribution is 2.38. The van der Waals surface area contributed by atoms with E-state index in [2.05, 4.69) is 0 Å².